The molecule has 21 heavy (non-hydrogen) atoms. The summed E-state index contributed by atoms with van der Waals surface area (Å²) >= 11 is 0. The first-order valence-corrected chi connectivity index (χ1v) is 8.26. The number of rotatable bonds is 7. The van der Waals surface area contributed by atoms with Gasteiger partial charge in [0.2, 0.25) is 11.8 Å². The largest absolute Gasteiger partial charge is 0.352 e. The lowest BCUT2D eigenvalue weighted by Crippen LogP contribution is -2.48. The number of nitrogens with two attached hydrogens (primary N) is 1. The van der Waals surface area contributed by atoms with E-state index in [4.69, 9.17) is 5.73 Å². The molecule has 0 unspecified atom stereocenters. The molecule has 0 aromatic rings. The first kappa shape index (κ1) is 18.0. The SMILES string of the molecule is CCCC1CCC(NC(=O)CNC(=O)[C@@H](N)C(C)C)CC1. The van der Waals surface area contributed by atoms with Crippen molar-refractivity contribution in [2.24, 2.45) is 17.6 Å². The van der Waals surface area contributed by atoms with Gasteiger partial charge in [-0.25, -0.2) is 0 Å². The zero-order valence-corrected chi connectivity index (χ0v) is 13.7. The van der Waals surface area contributed by atoms with Gasteiger partial charge in [0.1, 0.15) is 0 Å². The molecule has 122 valence electrons. The van der Waals surface area contributed by atoms with Gasteiger partial charge in [-0.15, -0.1) is 0 Å². The Morgan fingerprint density at radius 2 is 1.81 bits per heavy atom. The quantitative estimate of drug-likeness (QED) is 0.667. The molecule has 0 saturated heterocycles. The Bertz CT molecular complexity index is 336. The van der Waals surface area contributed by atoms with E-state index in [9.17, 15) is 9.59 Å². The smallest absolute Gasteiger partial charge is 0.239 e. The lowest BCUT2D eigenvalue weighted by atomic mass is 9.83. The van der Waals surface area contributed by atoms with Gasteiger partial charge in [-0.3, -0.25) is 9.59 Å². The van der Waals surface area contributed by atoms with Crippen LogP contribution in [0.15, 0.2) is 0 Å². The van der Waals surface area contributed by atoms with Crippen LogP contribution in [0.5, 0.6) is 0 Å². The van der Waals surface area contributed by atoms with Crippen LogP contribution < -0.4 is 16.4 Å². The van der Waals surface area contributed by atoms with Gasteiger partial charge in [-0.1, -0.05) is 33.6 Å². The summed E-state index contributed by atoms with van der Waals surface area (Å²) < 4.78 is 0. The summed E-state index contributed by atoms with van der Waals surface area (Å²) in [5.41, 5.74) is 5.73. The van der Waals surface area contributed by atoms with Crippen LogP contribution in [0, 0.1) is 11.8 Å². The van der Waals surface area contributed by atoms with Gasteiger partial charge in [0.05, 0.1) is 12.6 Å². The van der Waals surface area contributed by atoms with Crippen LogP contribution in [0.3, 0.4) is 0 Å². The maximum absolute atomic E-state index is 11.8. The van der Waals surface area contributed by atoms with Crippen molar-refractivity contribution >= 4 is 11.8 Å². The second-order valence-corrected chi connectivity index (χ2v) is 6.56. The molecule has 0 bridgehead atoms. The molecule has 2 amide bonds. The van der Waals surface area contributed by atoms with Crippen molar-refractivity contribution in [2.75, 3.05) is 6.54 Å². The predicted octanol–water partition coefficient (Wildman–Crippen LogP) is 1.56. The van der Waals surface area contributed by atoms with Crippen LogP contribution >= 0.6 is 0 Å². The summed E-state index contributed by atoms with van der Waals surface area (Å²) in [6, 6.07) is -0.288. The summed E-state index contributed by atoms with van der Waals surface area (Å²) in [4.78, 5) is 23.5. The van der Waals surface area contributed by atoms with Crippen molar-refractivity contribution in [3.8, 4) is 0 Å². The lowest BCUT2D eigenvalue weighted by molar-refractivity contribution is -0.127. The van der Waals surface area contributed by atoms with Crippen LogP contribution in [0.25, 0.3) is 0 Å². The van der Waals surface area contributed by atoms with Crippen LogP contribution in [0.2, 0.25) is 0 Å². The maximum Gasteiger partial charge on any atom is 0.239 e. The van der Waals surface area contributed by atoms with Crippen LogP contribution in [-0.4, -0.2) is 30.4 Å². The third kappa shape index (κ3) is 6.46. The third-order valence-electron chi connectivity index (χ3n) is 4.35. The van der Waals surface area contributed by atoms with Gasteiger partial charge >= 0.3 is 0 Å². The Morgan fingerprint density at radius 1 is 1.19 bits per heavy atom. The molecular formula is C16H31N3O2. The van der Waals surface area contributed by atoms with Crippen molar-refractivity contribution in [3.05, 3.63) is 0 Å². The molecule has 0 aromatic heterocycles. The molecule has 0 heterocycles. The fraction of sp³-hybridized carbons (Fsp3) is 0.875. The molecule has 1 aliphatic rings. The second-order valence-electron chi connectivity index (χ2n) is 6.56. The highest BCUT2D eigenvalue weighted by atomic mass is 16.2. The highest BCUT2D eigenvalue weighted by molar-refractivity contribution is 5.87. The highest BCUT2D eigenvalue weighted by Crippen LogP contribution is 2.27. The van der Waals surface area contributed by atoms with Crippen LogP contribution in [-0.2, 0) is 9.59 Å². The topological polar surface area (TPSA) is 84.2 Å². The van der Waals surface area contributed by atoms with Gasteiger partial charge in [0.25, 0.3) is 0 Å². The average molecular weight is 297 g/mol. The molecule has 4 N–H and O–H groups in total. The number of hydrogen-bond acceptors (Lipinski definition) is 3. The monoisotopic (exact) mass is 297 g/mol. The second kappa shape index (κ2) is 9.03. The molecule has 0 aromatic carbocycles. The lowest BCUT2D eigenvalue weighted by Gasteiger charge is -2.29. The van der Waals surface area contributed by atoms with E-state index < -0.39 is 6.04 Å². The third-order valence-corrected chi connectivity index (χ3v) is 4.35. The van der Waals surface area contributed by atoms with Crippen molar-refractivity contribution in [1.29, 1.82) is 0 Å². The molecule has 1 aliphatic carbocycles. The summed E-state index contributed by atoms with van der Waals surface area (Å²) in [5.74, 6) is 0.527. The predicted molar refractivity (Wildman–Crippen MR) is 84.6 cm³/mol. The summed E-state index contributed by atoms with van der Waals surface area (Å²) in [6.07, 6.45) is 7.03. The maximum atomic E-state index is 11.8. The number of carbonyl (C=O) groups is 2. The van der Waals surface area contributed by atoms with E-state index >= 15 is 0 Å². The minimum absolute atomic E-state index is 0.0220. The summed E-state index contributed by atoms with van der Waals surface area (Å²) in [7, 11) is 0. The van der Waals surface area contributed by atoms with Crippen molar-refractivity contribution in [2.45, 2.75) is 71.4 Å². The van der Waals surface area contributed by atoms with Crippen molar-refractivity contribution in [3.63, 3.8) is 0 Å². The zero-order chi connectivity index (χ0) is 15.8. The fourth-order valence-electron chi connectivity index (χ4n) is 2.87. The molecule has 1 atom stereocenters. The molecule has 5 nitrogen and oxygen atoms in total. The summed E-state index contributed by atoms with van der Waals surface area (Å²) in [5, 5.41) is 5.62. The Kier molecular flexibility index (Phi) is 7.72. The van der Waals surface area contributed by atoms with Gasteiger partial charge in [-0.05, 0) is 37.5 Å². The van der Waals surface area contributed by atoms with Gasteiger partial charge in [-0.2, -0.15) is 0 Å². The van der Waals surface area contributed by atoms with Gasteiger partial charge < -0.3 is 16.4 Å². The van der Waals surface area contributed by atoms with E-state index in [1.54, 1.807) is 0 Å². The van der Waals surface area contributed by atoms with Crippen LogP contribution in [0.4, 0.5) is 0 Å². The highest BCUT2D eigenvalue weighted by Gasteiger charge is 2.22. The van der Waals surface area contributed by atoms with E-state index in [0.29, 0.717) is 0 Å². The van der Waals surface area contributed by atoms with Crippen LogP contribution in [0.1, 0.15) is 59.3 Å². The number of carbonyl (C=O) groups excluding carboxylic acids is 2. The van der Waals surface area contributed by atoms with E-state index in [2.05, 4.69) is 17.6 Å². The standard InChI is InChI=1S/C16H31N3O2/c1-4-5-12-6-8-13(9-7-12)19-14(20)10-18-16(21)15(17)11(2)3/h11-13,15H,4-10,17H2,1-3H3,(H,18,21)(H,19,20)/t12?,13?,15-/m0/s1. The Hall–Kier alpha value is -1.10. The first-order valence-electron chi connectivity index (χ1n) is 8.26. The first-order chi connectivity index (χ1) is 9.93. The van der Waals surface area contributed by atoms with E-state index in [1.807, 2.05) is 13.8 Å². The number of nitrogens with one attached hydrogen (secondary N) is 2. The van der Waals surface area contributed by atoms with E-state index in [0.717, 1.165) is 18.8 Å². The minimum Gasteiger partial charge on any atom is -0.352 e. The summed E-state index contributed by atoms with van der Waals surface area (Å²) in [6.45, 7) is 6.02. The molecular weight excluding hydrogens is 266 g/mol. The molecule has 1 fully saturated rings. The van der Waals surface area contributed by atoms with Gasteiger partial charge in [0.15, 0.2) is 0 Å². The molecule has 0 aliphatic heterocycles. The fourth-order valence-corrected chi connectivity index (χ4v) is 2.87. The van der Waals surface area contributed by atoms with Gasteiger partial charge in [0, 0.05) is 6.04 Å². The Balaban J connectivity index is 2.21. The molecule has 1 rings (SSSR count). The zero-order valence-electron chi connectivity index (χ0n) is 13.7. The molecule has 5 heteroatoms. The molecule has 1 saturated carbocycles. The molecule has 0 radical (unpaired) electrons. The number of hydrogen-bond donors (Lipinski definition) is 3. The Morgan fingerprint density at radius 3 is 2.33 bits per heavy atom. The average Bonchev–Trinajstić information content (AvgIpc) is 2.46. The van der Waals surface area contributed by atoms with Crippen molar-refractivity contribution < 1.29 is 9.59 Å². The van der Waals surface area contributed by atoms with Crippen molar-refractivity contribution in [1.82, 2.24) is 10.6 Å². The van der Waals surface area contributed by atoms with E-state index in [1.165, 1.54) is 25.7 Å². The number of amides is 2. The normalized spacial score (nSPS) is 23.7. The minimum atomic E-state index is -0.553. The van der Waals surface area contributed by atoms with E-state index in [-0.39, 0.29) is 30.3 Å². The molecule has 0 spiro atoms. The Labute approximate surface area is 128 Å².